The van der Waals surface area contributed by atoms with Crippen molar-refractivity contribution in [2.75, 3.05) is 0 Å². The number of ether oxygens (including phenoxy) is 1. The van der Waals surface area contributed by atoms with Crippen LogP contribution in [0.15, 0.2) is 182 Å². The number of rotatable bonds is 3. The molecule has 0 saturated carbocycles. The first-order valence-electron chi connectivity index (χ1n) is 17.6. The summed E-state index contributed by atoms with van der Waals surface area (Å²) < 4.78 is 6.52. The summed E-state index contributed by atoms with van der Waals surface area (Å²) >= 11 is 0. The highest BCUT2D eigenvalue weighted by Crippen LogP contribution is 2.52. The molecule has 1 aliphatic heterocycles. The van der Waals surface area contributed by atoms with Crippen LogP contribution < -0.4 is 4.74 Å². The van der Waals surface area contributed by atoms with Gasteiger partial charge < -0.3 is 4.74 Å². The molecule has 0 fully saturated rings. The van der Waals surface area contributed by atoms with Crippen LogP contribution in [0.25, 0.3) is 98.4 Å². The second-order valence-corrected chi connectivity index (χ2v) is 13.5. The zero-order valence-corrected chi connectivity index (χ0v) is 27.7. The van der Waals surface area contributed by atoms with Gasteiger partial charge in [-0.25, -0.2) is 0 Å². The standard InChI is InChI=1S/C50H30O/c1-2-14-31(15-3-1)46-34-18-4-8-22-38(34)49(39-23-9-5-19-35(39)46)50-40-24-10-6-20-36(40)47(37-21-7-11-25-41(37)50)33-28-29-44-43(30-33)42-26-12-16-32-17-13-27-45(51-44)48(32)42/h1-30H. The maximum absolute atomic E-state index is 6.52. The molecule has 0 spiro atoms. The van der Waals surface area contributed by atoms with Gasteiger partial charge in [0.15, 0.2) is 0 Å². The van der Waals surface area contributed by atoms with E-state index >= 15 is 0 Å². The predicted octanol–water partition coefficient (Wildman–Crippen LogP) is 14.2. The molecule has 10 aromatic carbocycles. The molecule has 0 aliphatic carbocycles. The summed E-state index contributed by atoms with van der Waals surface area (Å²) in [4.78, 5) is 0. The molecule has 0 aromatic heterocycles. The smallest absolute Gasteiger partial charge is 0.135 e. The fourth-order valence-corrected chi connectivity index (χ4v) is 8.74. The van der Waals surface area contributed by atoms with Crippen molar-refractivity contribution in [3.8, 4) is 56.0 Å². The van der Waals surface area contributed by atoms with Gasteiger partial charge in [0.25, 0.3) is 0 Å². The summed E-state index contributed by atoms with van der Waals surface area (Å²) in [5, 5.41) is 12.4. The molecule has 51 heavy (non-hydrogen) atoms. The van der Waals surface area contributed by atoms with E-state index in [0.717, 1.165) is 17.1 Å². The van der Waals surface area contributed by atoms with Crippen molar-refractivity contribution in [3.05, 3.63) is 182 Å². The molecule has 0 radical (unpaired) electrons. The molecule has 1 heterocycles. The summed E-state index contributed by atoms with van der Waals surface area (Å²) in [6.07, 6.45) is 0. The first-order chi connectivity index (χ1) is 25.3. The van der Waals surface area contributed by atoms with Crippen LogP contribution in [0.4, 0.5) is 0 Å². The fourth-order valence-electron chi connectivity index (χ4n) is 8.74. The van der Waals surface area contributed by atoms with Crippen LogP contribution in [0.5, 0.6) is 11.5 Å². The Hall–Kier alpha value is -6.70. The molecule has 0 saturated heterocycles. The van der Waals surface area contributed by atoms with Gasteiger partial charge in [0, 0.05) is 10.9 Å². The van der Waals surface area contributed by atoms with Gasteiger partial charge in [-0.3, -0.25) is 0 Å². The lowest BCUT2D eigenvalue weighted by molar-refractivity contribution is 0.487. The molecule has 0 bridgehead atoms. The van der Waals surface area contributed by atoms with Gasteiger partial charge in [-0.05, 0) is 106 Å². The Morgan fingerprint density at radius 3 is 1.25 bits per heavy atom. The highest BCUT2D eigenvalue weighted by Gasteiger charge is 2.24. The summed E-state index contributed by atoms with van der Waals surface area (Å²) in [6.45, 7) is 0. The first-order valence-corrected chi connectivity index (χ1v) is 17.6. The lowest BCUT2D eigenvalue weighted by Crippen LogP contribution is -1.98. The molecule has 11 rings (SSSR count). The number of hydrogen-bond acceptors (Lipinski definition) is 1. The van der Waals surface area contributed by atoms with Crippen LogP contribution in [0.3, 0.4) is 0 Å². The highest BCUT2D eigenvalue weighted by molar-refractivity contribution is 6.30. The summed E-state index contributed by atoms with van der Waals surface area (Å²) in [7, 11) is 0. The van der Waals surface area contributed by atoms with Gasteiger partial charge in [0.1, 0.15) is 11.5 Å². The third-order valence-corrected chi connectivity index (χ3v) is 10.8. The topological polar surface area (TPSA) is 9.23 Å². The number of hydrogen-bond donors (Lipinski definition) is 0. The van der Waals surface area contributed by atoms with Crippen LogP contribution in [-0.4, -0.2) is 0 Å². The van der Waals surface area contributed by atoms with Crippen LogP contribution in [-0.2, 0) is 0 Å². The summed E-state index contributed by atoms with van der Waals surface area (Å²) in [6, 6.07) is 66.3. The van der Waals surface area contributed by atoms with Crippen molar-refractivity contribution < 1.29 is 4.74 Å². The monoisotopic (exact) mass is 646 g/mol. The van der Waals surface area contributed by atoms with E-state index in [9.17, 15) is 0 Å². The molecular weight excluding hydrogens is 617 g/mol. The zero-order chi connectivity index (χ0) is 33.5. The predicted molar refractivity (Wildman–Crippen MR) is 216 cm³/mol. The van der Waals surface area contributed by atoms with E-state index in [0.29, 0.717) is 0 Å². The van der Waals surface area contributed by atoms with Gasteiger partial charge in [-0.2, -0.15) is 0 Å². The minimum absolute atomic E-state index is 0.895. The minimum Gasteiger partial charge on any atom is -0.456 e. The quantitative estimate of drug-likeness (QED) is 0.174. The van der Waals surface area contributed by atoms with E-state index in [-0.39, 0.29) is 0 Å². The largest absolute Gasteiger partial charge is 0.456 e. The Labute approximate surface area is 295 Å². The van der Waals surface area contributed by atoms with E-state index < -0.39 is 0 Å². The molecule has 1 nitrogen and oxygen atoms in total. The van der Waals surface area contributed by atoms with Gasteiger partial charge in [-0.15, -0.1) is 0 Å². The SMILES string of the molecule is c1ccc(-c2c3ccccc3c(-c3c4ccccc4c(-c4ccc5c(c4)-c4cccc6cccc(c46)O5)c4ccccc34)c3ccccc23)cc1. The van der Waals surface area contributed by atoms with Crippen molar-refractivity contribution in [1.82, 2.24) is 0 Å². The average molecular weight is 647 g/mol. The van der Waals surface area contributed by atoms with Crippen LogP contribution in [0.2, 0.25) is 0 Å². The van der Waals surface area contributed by atoms with Crippen molar-refractivity contribution in [2.24, 2.45) is 0 Å². The maximum atomic E-state index is 6.52. The molecule has 236 valence electrons. The Morgan fingerprint density at radius 2 is 0.725 bits per heavy atom. The van der Waals surface area contributed by atoms with Gasteiger partial charge in [-0.1, -0.05) is 164 Å². The normalized spacial score (nSPS) is 12.1. The van der Waals surface area contributed by atoms with E-state index in [2.05, 4.69) is 182 Å². The lowest BCUT2D eigenvalue weighted by atomic mass is 9.81. The second kappa shape index (κ2) is 10.9. The summed E-state index contributed by atoms with van der Waals surface area (Å²) in [5.74, 6) is 1.81. The molecule has 0 amide bonds. The number of fused-ring (bicyclic) bond motifs is 6. The molecular formula is C50H30O. The molecule has 1 aliphatic rings. The molecule has 0 N–H and O–H groups in total. The van der Waals surface area contributed by atoms with Gasteiger partial charge >= 0.3 is 0 Å². The minimum atomic E-state index is 0.895. The van der Waals surface area contributed by atoms with Gasteiger partial charge in [0.2, 0.25) is 0 Å². The van der Waals surface area contributed by atoms with E-state index in [1.807, 2.05) is 0 Å². The third kappa shape index (κ3) is 4.09. The van der Waals surface area contributed by atoms with Crippen molar-refractivity contribution in [2.45, 2.75) is 0 Å². The lowest BCUT2D eigenvalue weighted by Gasteiger charge is -2.24. The van der Waals surface area contributed by atoms with Crippen LogP contribution in [0, 0.1) is 0 Å². The average Bonchev–Trinajstić information content (AvgIpc) is 3.20. The Kier molecular flexibility index (Phi) is 6.02. The van der Waals surface area contributed by atoms with Crippen molar-refractivity contribution in [3.63, 3.8) is 0 Å². The number of benzene rings is 10. The van der Waals surface area contributed by atoms with Crippen molar-refractivity contribution >= 4 is 53.9 Å². The third-order valence-electron chi connectivity index (χ3n) is 10.8. The molecule has 0 unspecified atom stereocenters. The van der Waals surface area contributed by atoms with E-state index in [1.165, 1.54) is 92.8 Å². The van der Waals surface area contributed by atoms with Crippen molar-refractivity contribution in [1.29, 1.82) is 0 Å². The summed E-state index contributed by atoms with van der Waals surface area (Å²) in [5.41, 5.74) is 9.84. The van der Waals surface area contributed by atoms with E-state index in [1.54, 1.807) is 0 Å². The van der Waals surface area contributed by atoms with Gasteiger partial charge in [0.05, 0.1) is 0 Å². The fraction of sp³-hybridized carbons (Fsp3) is 0. The van der Waals surface area contributed by atoms with E-state index in [4.69, 9.17) is 4.74 Å². The second-order valence-electron chi connectivity index (χ2n) is 13.5. The molecule has 1 heteroatoms. The Bertz CT molecular complexity index is 2920. The highest BCUT2D eigenvalue weighted by atomic mass is 16.5. The Morgan fingerprint density at radius 1 is 0.275 bits per heavy atom. The molecule has 10 aromatic rings. The maximum Gasteiger partial charge on any atom is 0.135 e. The molecule has 0 atom stereocenters. The Balaban J connectivity index is 1.25. The first kappa shape index (κ1) is 28.2. The van der Waals surface area contributed by atoms with Crippen LogP contribution in [0.1, 0.15) is 0 Å². The van der Waals surface area contributed by atoms with Crippen LogP contribution >= 0.6 is 0 Å². The zero-order valence-electron chi connectivity index (χ0n) is 27.7.